The second-order valence-corrected chi connectivity index (χ2v) is 9.95. The van der Waals surface area contributed by atoms with Crippen LogP contribution >= 0.6 is 0 Å². The zero-order chi connectivity index (χ0) is 25.7. The first-order chi connectivity index (χ1) is 15.7. The van der Waals surface area contributed by atoms with Crippen molar-refractivity contribution in [3.63, 3.8) is 0 Å². The molecular formula is C25H34N4O5. The van der Waals surface area contributed by atoms with Gasteiger partial charge in [0, 0.05) is 11.8 Å². The molecule has 2 N–H and O–H groups in total. The number of nitrogens with one attached hydrogen (secondary N) is 2. The highest BCUT2D eigenvalue weighted by Crippen LogP contribution is 2.25. The predicted molar refractivity (Wildman–Crippen MR) is 128 cm³/mol. The maximum Gasteiger partial charge on any atom is 0.407 e. The van der Waals surface area contributed by atoms with Crippen LogP contribution in [0.5, 0.6) is 0 Å². The number of amides is 2. The summed E-state index contributed by atoms with van der Waals surface area (Å²) in [4.78, 5) is 45.7. The van der Waals surface area contributed by atoms with E-state index in [-0.39, 0.29) is 17.5 Å². The van der Waals surface area contributed by atoms with Crippen molar-refractivity contribution in [2.24, 2.45) is 0 Å². The fourth-order valence-corrected chi connectivity index (χ4v) is 3.02. The maximum atomic E-state index is 12.8. The van der Waals surface area contributed by atoms with Crippen LogP contribution in [0.4, 0.5) is 4.79 Å². The van der Waals surface area contributed by atoms with Crippen LogP contribution < -0.4 is 10.6 Å². The minimum Gasteiger partial charge on any atom is -0.467 e. The van der Waals surface area contributed by atoms with Gasteiger partial charge in [-0.15, -0.1) is 0 Å². The van der Waals surface area contributed by atoms with Crippen LogP contribution in [-0.2, 0) is 19.7 Å². The lowest BCUT2D eigenvalue weighted by Crippen LogP contribution is -2.49. The lowest BCUT2D eigenvalue weighted by molar-refractivity contribution is -0.142. The summed E-state index contributed by atoms with van der Waals surface area (Å²) >= 11 is 0. The fraction of sp³-hybridized carbons (Fsp3) is 0.480. The Morgan fingerprint density at radius 1 is 1.03 bits per heavy atom. The average Bonchev–Trinajstić information content (AvgIpc) is 2.74. The molecule has 0 aliphatic carbocycles. The molecule has 1 atom stereocenters. The molecule has 1 heterocycles. The monoisotopic (exact) mass is 470 g/mol. The summed E-state index contributed by atoms with van der Waals surface area (Å²) < 4.78 is 9.90. The molecule has 0 saturated carbocycles. The third-order valence-electron chi connectivity index (χ3n) is 4.87. The molecule has 0 bridgehead atoms. The van der Waals surface area contributed by atoms with E-state index in [0.29, 0.717) is 11.5 Å². The minimum atomic E-state index is -1.12. The number of alkyl carbamates (subject to hydrolysis) is 1. The third-order valence-corrected chi connectivity index (χ3v) is 4.87. The van der Waals surface area contributed by atoms with E-state index in [0.717, 1.165) is 5.56 Å². The van der Waals surface area contributed by atoms with Gasteiger partial charge in [-0.3, -0.25) is 4.79 Å². The second kappa shape index (κ2) is 10.6. The van der Waals surface area contributed by atoms with Gasteiger partial charge in [0.05, 0.1) is 24.9 Å². The van der Waals surface area contributed by atoms with Gasteiger partial charge in [0.1, 0.15) is 11.6 Å². The van der Waals surface area contributed by atoms with E-state index in [1.165, 1.54) is 18.9 Å². The van der Waals surface area contributed by atoms with Crippen molar-refractivity contribution in [2.75, 3.05) is 13.7 Å². The number of hydrogen-bond donors (Lipinski definition) is 2. The lowest BCUT2D eigenvalue weighted by Gasteiger charge is -2.22. The Morgan fingerprint density at radius 2 is 1.65 bits per heavy atom. The summed E-state index contributed by atoms with van der Waals surface area (Å²) in [5, 5.41) is 5.03. The largest absolute Gasteiger partial charge is 0.467 e. The molecule has 2 aromatic rings. The maximum absolute atomic E-state index is 12.8. The SMILES string of the molecule is COC(=O)[C@H](CNC(=O)OC(C)(C)C)NC(=O)c1cnc(-c2ccc(C(C)(C)C)cc2)nc1C. The molecular weight excluding hydrogens is 436 g/mol. The van der Waals surface area contributed by atoms with E-state index in [2.05, 4.69) is 41.4 Å². The molecule has 1 aromatic heterocycles. The zero-order valence-corrected chi connectivity index (χ0v) is 21.1. The van der Waals surface area contributed by atoms with E-state index < -0.39 is 29.6 Å². The number of benzene rings is 1. The van der Waals surface area contributed by atoms with Crippen molar-refractivity contribution in [2.45, 2.75) is 65.5 Å². The molecule has 0 aliphatic heterocycles. The first kappa shape index (κ1) is 26.8. The number of hydrogen-bond acceptors (Lipinski definition) is 7. The number of esters is 1. The van der Waals surface area contributed by atoms with Gasteiger partial charge in [-0.2, -0.15) is 0 Å². The van der Waals surface area contributed by atoms with Crippen molar-refractivity contribution in [3.8, 4) is 11.4 Å². The third kappa shape index (κ3) is 7.54. The minimum absolute atomic E-state index is 0.0335. The van der Waals surface area contributed by atoms with Crippen LogP contribution in [0.2, 0.25) is 0 Å². The van der Waals surface area contributed by atoms with Gasteiger partial charge in [-0.05, 0) is 38.7 Å². The highest BCUT2D eigenvalue weighted by molar-refractivity contribution is 5.97. The van der Waals surface area contributed by atoms with Crippen LogP contribution in [0.3, 0.4) is 0 Å². The fourth-order valence-electron chi connectivity index (χ4n) is 3.02. The molecule has 0 unspecified atom stereocenters. The van der Waals surface area contributed by atoms with Gasteiger partial charge in [0.15, 0.2) is 5.82 Å². The molecule has 34 heavy (non-hydrogen) atoms. The van der Waals surface area contributed by atoms with Crippen molar-refractivity contribution in [3.05, 3.63) is 47.3 Å². The Labute approximate surface area is 200 Å². The van der Waals surface area contributed by atoms with Gasteiger partial charge in [-0.25, -0.2) is 19.6 Å². The van der Waals surface area contributed by atoms with E-state index in [9.17, 15) is 14.4 Å². The summed E-state index contributed by atoms with van der Waals surface area (Å²) in [5.41, 5.74) is 2.02. The number of carbonyl (C=O) groups is 3. The van der Waals surface area contributed by atoms with Gasteiger partial charge in [-0.1, -0.05) is 45.0 Å². The van der Waals surface area contributed by atoms with Crippen molar-refractivity contribution < 1.29 is 23.9 Å². The van der Waals surface area contributed by atoms with Crippen LogP contribution in [0, 0.1) is 6.92 Å². The molecule has 184 valence electrons. The smallest absolute Gasteiger partial charge is 0.407 e. The van der Waals surface area contributed by atoms with E-state index in [1.807, 2.05) is 24.3 Å². The number of ether oxygens (including phenoxy) is 2. The van der Waals surface area contributed by atoms with E-state index in [4.69, 9.17) is 9.47 Å². The zero-order valence-electron chi connectivity index (χ0n) is 21.1. The summed E-state index contributed by atoms with van der Waals surface area (Å²) in [6.45, 7) is 13.1. The summed E-state index contributed by atoms with van der Waals surface area (Å²) in [7, 11) is 1.20. The molecule has 0 aliphatic rings. The average molecular weight is 471 g/mol. The number of aromatic nitrogens is 2. The van der Waals surface area contributed by atoms with Crippen molar-refractivity contribution >= 4 is 18.0 Å². The topological polar surface area (TPSA) is 120 Å². The van der Waals surface area contributed by atoms with Crippen LogP contribution in [-0.4, -0.2) is 53.2 Å². The normalized spacial score (nSPS) is 12.5. The number of carbonyl (C=O) groups excluding carboxylic acids is 3. The number of rotatable bonds is 6. The molecule has 2 rings (SSSR count). The van der Waals surface area contributed by atoms with Crippen LogP contribution in [0.25, 0.3) is 11.4 Å². The summed E-state index contributed by atoms with van der Waals surface area (Å²) in [6, 6.07) is 6.85. The highest BCUT2D eigenvalue weighted by Gasteiger charge is 2.25. The Morgan fingerprint density at radius 3 is 2.15 bits per heavy atom. The standard InChI is InChI=1S/C25H34N4O5/c1-15-18(13-26-20(28-15)16-9-11-17(12-10-16)24(2,3)4)21(30)29-19(22(31)33-8)14-27-23(32)34-25(5,6)7/h9-13,19H,14H2,1-8H3,(H,27,32)(H,29,30)/t19-/m0/s1. The molecule has 0 radical (unpaired) electrons. The molecule has 0 fully saturated rings. The van der Waals surface area contributed by atoms with E-state index in [1.54, 1.807) is 27.7 Å². The number of nitrogens with zero attached hydrogens (tertiary/aromatic N) is 2. The molecule has 0 saturated heterocycles. The van der Waals surface area contributed by atoms with Crippen LogP contribution in [0.1, 0.15) is 63.2 Å². The van der Waals surface area contributed by atoms with Crippen LogP contribution in [0.15, 0.2) is 30.5 Å². The molecule has 1 aromatic carbocycles. The van der Waals surface area contributed by atoms with Gasteiger partial charge >= 0.3 is 12.1 Å². The van der Waals surface area contributed by atoms with Gasteiger partial charge in [0.2, 0.25) is 0 Å². The number of methoxy groups -OCH3 is 1. The molecule has 2 amide bonds. The summed E-state index contributed by atoms with van der Waals surface area (Å²) in [6.07, 6.45) is 0.706. The lowest BCUT2D eigenvalue weighted by atomic mass is 9.87. The Kier molecular flexibility index (Phi) is 8.36. The van der Waals surface area contributed by atoms with Gasteiger partial charge in [0.25, 0.3) is 5.91 Å². The second-order valence-electron chi connectivity index (χ2n) is 9.95. The molecule has 0 spiro atoms. The Hall–Kier alpha value is -3.49. The molecule has 9 heteroatoms. The predicted octanol–water partition coefficient (Wildman–Crippen LogP) is 3.55. The van der Waals surface area contributed by atoms with E-state index >= 15 is 0 Å². The molecule has 9 nitrogen and oxygen atoms in total. The first-order valence-electron chi connectivity index (χ1n) is 11.0. The van der Waals surface area contributed by atoms with Crippen molar-refractivity contribution in [1.29, 1.82) is 0 Å². The Balaban J connectivity index is 2.14. The highest BCUT2D eigenvalue weighted by atomic mass is 16.6. The van der Waals surface area contributed by atoms with Gasteiger partial charge < -0.3 is 20.1 Å². The Bertz CT molecular complexity index is 1040. The summed E-state index contributed by atoms with van der Waals surface area (Å²) in [5.74, 6) is -0.780. The first-order valence-corrected chi connectivity index (χ1v) is 11.0. The quantitative estimate of drug-likeness (QED) is 0.620. The number of aryl methyl sites for hydroxylation is 1. The van der Waals surface area contributed by atoms with Crippen molar-refractivity contribution in [1.82, 2.24) is 20.6 Å².